The maximum atomic E-state index is 12.9. The normalized spacial score (nSPS) is 20.2. The van der Waals surface area contributed by atoms with Crippen LogP contribution in [-0.4, -0.2) is 59.3 Å². The Morgan fingerprint density at radius 1 is 1.11 bits per heavy atom. The van der Waals surface area contributed by atoms with E-state index in [0.29, 0.717) is 43.6 Å². The van der Waals surface area contributed by atoms with Crippen LogP contribution in [-0.2, 0) is 4.74 Å². The van der Waals surface area contributed by atoms with Crippen LogP contribution < -0.4 is 9.47 Å². The zero-order chi connectivity index (χ0) is 19.3. The maximum Gasteiger partial charge on any atom is 0.254 e. The summed E-state index contributed by atoms with van der Waals surface area (Å²) < 4.78 is 17.1. The number of aromatic nitrogens is 2. The number of hydrogen-bond donors (Lipinski definition) is 0. The fraction of sp³-hybridized carbons (Fsp3) is 0.476. The van der Waals surface area contributed by atoms with E-state index >= 15 is 0 Å². The molecule has 0 spiro atoms. The molecule has 7 nitrogen and oxygen atoms in total. The molecule has 7 heteroatoms. The van der Waals surface area contributed by atoms with Crippen molar-refractivity contribution >= 4 is 5.91 Å². The van der Waals surface area contributed by atoms with Gasteiger partial charge in [0.15, 0.2) is 0 Å². The van der Waals surface area contributed by atoms with Gasteiger partial charge in [-0.2, -0.15) is 0 Å². The van der Waals surface area contributed by atoms with Gasteiger partial charge in [-0.25, -0.2) is 9.97 Å². The molecule has 2 aromatic rings. The van der Waals surface area contributed by atoms with Crippen molar-refractivity contribution in [2.45, 2.75) is 38.4 Å². The number of ether oxygens (including phenoxy) is 3. The average Bonchev–Trinajstić information content (AvgIpc) is 3.21. The van der Waals surface area contributed by atoms with Crippen molar-refractivity contribution in [3.05, 3.63) is 47.8 Å². The molecule has 0 N–H and O–H groups in total. The second-order valence-corrected chi connectivity index (χ2v) is 7.21. The van der Waals surface area contributed by atoms with Crippen molar-refractivity contribution in [2.24, 2.45) is 0 Å². The van der Waals surface area contributed by atoms with Crippen molar-refractivity contribution in [3.63, 3.8) is 0 Å². The van der Waals surface area contributed by atoms with Gasteiger partial charge in [-0.3, -0.25) is 4.79 Å². The Morgan fingerprint density at radius 2 is 1.93 bits per heavy atom. The molecule has 2 fully saturated rings. The van der Waals surface area contributed by atoms with Crippen LogP contribution in [0, 0.1) is 6.92 Å². The first-order valence-electron chi connectivity index (χ1n) is 9.77. The predicted octanol–water partition coefficient (Wildman–Crippen LogP) is 2.64. The van der Waals surface area contributed by atoms with E-state index in [-0.39, 0.29) is 18.1 Å². The molecule has 4 heterocycles. The molecule has 4 rings (SSSR count). The standard InChI is InChI=1S/C21H25N3O4/c1-15-3-2-4-19(23-15)27-17-6-10-24(11-7-17)21(25)16-5-9-22-20(13-16)28-18-8-12-26-14-18/h2-5,9,13,17-18H,6-8,10-12,14H2,1H3/t18-/m1/s1. The van der Waals surface area contributed by atoms with Gasteiger partial charge < -0.3 is 19.1 Å². The van der Waals surface area contributed by atoms with E-state index in [1.165, 1.54) is 0 Å². The minimum Gasteiger partial charge on any atom is -0.474 e. The van der Waals surface area contributed by atoms with Crippen molar-refractivity contribution < 1.29 is 19.0 Å². The van der Waals surface area contributed by atoms with Gasteiger partial charge in [-0.15, -0.1) is 0 Å². The molecule has 148 valence electrons. The summed E-state index contributed by atoms with van der Waals surface area (Å²) >= 11 is 0. The molecule has 0 unspecified atom stereocenters. The van der Waals surface area contributed by atoms with Crippen LogP contribution in [0.2, 0.25) is 0 Å². The third-order valence-electron chi connectivity index (χ3n) is 5.04. The van der Waals surface area contributed by atoms with Gasteiger partial charge in [0.25, 0.3) is 5.91 Å². The minimum absolute atomic E-state index is 0.00190. The lowest BCUT2D eigenvalue weighted by atomic mass is 10.1. The van der Waals surface area contributed by atoms with Gasteiger partial charge in [0.05, 0.1) is 13.2 Å². The van der Waals surface area contributed by atoms with Crippen LogP contribution in [0.1, 0.15) is 35.3 Å². The Hall–Kier alpha value is -2.67. The molecule has 0 aromatic carbocycles. The van der Waals surface area contributed by atoms with E-state index in [9.17, 15) is 4.79 Å². The molecular weight excluding hydrogens is 358 g/mol. The number of likely N-dealkylation sites (tertiary alicyclic amines) is 1. The molecule has 0 bridgehead atoms. The summed E-state index contributed by atoms with van der Waals surface area (Å²) in [6.45, 7) is 4.54. The van der Waals surface area contributed by atoms with Gasteiger partial charge in [-0.05, 0) is 19.1 Å². The molecule has 2 saturated heterocycles. The minimum atomic E-state index is 0.00190. The van der Waals surface area contributed by atoms with E-state index in [2.05, 4.69) is 9.97 Å². The Labute approximate surface area is 164 Å². The van der Waals surface area contributed by atoms with Crippen molar-refractivity contribution in [1.29, 1.82) is 0 Å². The van der Waals surface area contributed by atoms with Gasteiger partial charge in [0.1, 0.15) is 12.2 Å². The summed E-state index contributed by atoms with van der Waals surface area (Å²) in [5.41, 5.74) is 1.54. The predicted molar refractivity (Wildman–Crippen MR) is 103 cm³/mol. The number of rotatable bonds is 5. The van der Waals surface area contributed by atoms with Crippen LogP contribution in [0.15, 0.2) is 36.5 Å². The molecular formula is C21H25N3O4. The largest absolute Gasteiger partial charge is 0.474 e. The summed E-state index contributed by atoms with van der Waals surface area (Å²) in [5, 5.41) is 0. The molecule has 2 aromatic heterocycles. The summed E-state index contributed by atoms with van der Waals surface area (Å²) in [7, 11) is 0. The number of piperidine rings is 1. The number of carbonyl (C=O) groups is 1. The SMILES string of the molecule is Cc1cccc(OC2CCN(C(=O)c3ccnc(O[C@@H]4CCOC4)c3)CC2)n1. The Morgan fingerprint density at radius 3 is 2.68 bits per heavy atom. The summed E-state index contributed by atoms with van der Waals surface area (Å²) in [6, 6.07) is 9.22. The van der Waals surface area contributed by atoms with Gasteiger partial charge in [0.2, 0.25) is 11.8 Å². The lowest BCUT2D eigenvalue weighted by Crippen LogP contribution is -2.41. The highest BCUT2D eigenvalue weighted by Gasteiger charge is 2.26. The Kier molecular flexibility index (Phi) is 5.71. The fourth-order valence-corrected chi connectivity index (χ4v) is 3.50. The number of carbonyl (C=O) groups excluding carboxylic acids is 1. The number of nitrogens with zero attached hydrogens (tertiary/aromatic N) is 3. The molecule has 2 aliphatic rings. The molecule has 2 aliphatic heterocycles. The number of pyridine rings is 2. The number of amides is 1. The monoisotopic (exact) mass is 383 g/mol. The first-order valence-corrected chi connectivity index (χ1v) is 9.77. The van der Waals surface area contributed by atoms with Crippen LogP contribution in [0.25, 0.3) is 0 Å². The number of aryl methyl sites for hydroxylation is 1. The highest BCUT2D eigenvalue weighted by Crippen LogP contribution is 2.21. The highest BCUT2D eigenvalue weighted by atomic mass is 16.5. The highest BCUT2D eigenvalue weighted by molar-refractivity contribution is 5.94. The lowest BCUT2D eigenvalue weighted by Gasteiger charge is -2.32. The van der Waals surface area contributed by atoms with Gasteiger partial charge in [-0.1, -0.05) is 6.07 Å². The van der Waals surface area contributed by atoms with Crippen molar-refractivity contribution in [2.75, 3.05) is 26.3 Å². The van der Waals surface area contributed by atoms with Crippen molar-refractivity contribution in [1.82, 2.24) is 14.9 Å². The molecule has 0 saturated carbocycles. The first kappa shape index (κ1) is 18.7. The second kappa shape index (κ2) is 8.56. The first-order chi connectivity index (χ1) is 13.7. The van der Waals surface area contributed by atoms with Crippen LogP contribution in [0.3, 0.4) is 0 Å². The van der Waals surface area contributed by atoms with Crippen LogP contribution in [0.5, 0.6) is 11.8 Å². The quantitative estimate of drug-likeness (QED) is 0.790. The van der Waals surface area contributed by atoms with E-state index in [4.69, 9.17) is 14.2 Å². The zero-order valence-electron chi connectivity index (χ0n) is 16.0. The third kappa shape index (κ3) is 4.59. The van der Waals surface area contributed by atoms with Crippen LogP contribution in [0.4, 0.5) is 0 Å². The van der Waals surface area contributed by atoms with Crippen LogP contribution >= 0.6 is 0 Å². The van der Waals surface area contributed by atoms with E-state index < -0.39 is 0 Å². The zero-order valence-corrected chi connectivity index (χ0v) is 16.0. The van der Waals surface area contributed by atoms with Gasteiger partial charge in [0, 0.05) is 61.9 Å². The smallest absolute Gasteiger partial charge is 0.254 e. The Bertz CT molecular complexity index is 815. The summed E-state index contributed by atoms with van der Waals surface area (Å²) in [6.07, 6.45) is 4.14. The van der Waals surface area contributed by atoms with E-state index in [0.717, 1.165) is 25.0 Å². The average molecular weight is 383 g/mol. The summed E-state index contributed by atoms with van der Waals surface area (Å²) in [4.78, 5) is 23.3. The second-order valence-electron chi connectivity index (χ2n) is 7.21. The maximum absolute atomic E-state index is 12.9. The summed E-state index contributed by atoms with van der Waals surface area (Å²) in [5.74, 6) is 1.13. The Balaban J connectivity index is 1.32. The topological polar surface area (TPSA) is 73.8 Å². The van der Waals surface area contributed by atoms with Gasteiger partial charge >= 0.3 is 0 Å². The number of hydrogen-bond acceptors (Lipinski definition) is 6. The van der Waals surface area contributed by atoms with E-state index in [1.54, 1.807) is 18.3 Å². The van der Waals surface area contributed by atoms with Crippen molar-refractivity contribution in [3.8, 4) is 11.8 Å². The molecule has 1 amide bonds. The molecule has 1 atom stereocenters. The lowest BCUT2D eigenvalue weighted by molar-refractivity contribution is 0.0586. The fourth-order valence-electron chi connectivity index (χ4n) is 3.50. The molecule has 0 radical (unpaired) electrons. The molecule has 0 aliphatic carbocycles. The molecule has 28 heavy (non-hydrogen) atoms. The van der Waals surface area contributed by atoms with E-state index in [1.807, 2.05) is 30.0 Å². The third-order valence-corrected chi connectivity index (χ3v) is 5.04.